The fourth-order valence-electron chi connectivity index (χ4n) is 1.64. The van der Waals surface area contributed by atoms with Gasteiger partial charge < -0.3 is 10.6 Å². The zero-order valence-electron chi connectivity index (χ0n) is 11.1. The minimum atomic E-state index is -0.164. The smallest absolute Gasteiger partial charge is 0.141 e. The van der Waals surface area contributed by atoms with Gasteiger partial charge in [-0.05, 0) is 54.0 Å². The molecule has 1 rings (SSSR count). The molecule has 0 unspecified atom stereocenters. The van der Waals surface area contributed by atoms with Crippen LogP contribution in [-0.4, -0.2) is 19.6 Å². The third kappa shape index (κ3) is 5.94. The molecule has 0 heterocycles. The summed E-state index contributed by atoms with van der Waals surface area (Å²) < 4.78 is 14.1. The lowest BCUT2D eigenvalue weighted by atomic mass is 10.2. The molecule has 0 saturated carbocycles. The number of halogens is 2. The van der Waals surface area contributed by atoms with E-state index >= 15 is 0 Å². The molecule has 102 valence electrons. The van der Waals surface area contributed by atoms with E-state index in [1.165, 1.54) is 0 Å². The Labute approximate surface area is 117 Å². The van der Waals surface area contributed by atoms with E-state index in [-0.39, 0.29) is 5.82 Å². The summed E-state index contributed by atoms with van der Waals surface area (Å²) in [4.78, 5) is 0. The summed E-state index contributed by atoms with van der Waals surface area (Å²) in [6.07, 6.45) is 1.06. The van der Waals surface area contributed by atoms with Crippen molar-refractivity contribution < 1.29 is 4.39 Å². The second-order valence-corrected chi connectivity index (χ2v) is 5.70. The molecule has 1 aromatic carbocycles. The maximum Gasteiger partial charge on any atom is 0.141 e. The molecule has 0 bridgehead atoms. The number of benzene rings is 1. The van der Waals surface area contributed by atoms with Crippen molar-refractivity contribution in [2.24, 2.45) is 5.92 Å². The van der Waals surface area contributed by atoms with Gasteiger partial charge in [-0.15, -0.1) is 0 Å². The molecular formula is C14H22BrFN2. The summed E-state index contributed by atoms with van der Waals surface area (Å²) in [6.45, 7) is 7.93. The first-order chi connectivity index (χ1) is 8.61. The van der Waals surface area contributed by atoms with Crippen LogP contribution in [0, 0.1) is 11.7 Å². The van der Waals surface area contributed by atoms with Crippen molar-refractivity contribution in [3.63, 3.8) is 0 Å². The SMILES string of the molecule is CC(C)CNCCCNCc1cccc(Br)c1F. The maximum atomic E-state index is 13.6. The van der Waals surface area contributed by atoms with Crippen molar-refractivity contribution in [3.8, 4) is 0 Å². The first-order valence-corrected chi connectivity index (χ1v) is 7.25. The van der Waals surface area contributed by atoms with E-state index in [0.717, 1.165) is 26.1 Å². The van der Waals surface area contributed by atoms with E-state index in [0.29, 0.717) is 22.5 Å². The normalized spacial score (nSPS) is 11.2. The van der Waals surface area contributed by atoms with Crippen molar-refractivity contribution >= 4 is 15.9 Å². The van der Waals surface area contributed by atoms with Crippen molar-refractivity contribution in [1.29, 1.82) is 0 Å². The quantitative estimate of drug-likeness (QED) is 0.719. The van der Waals surface area contributed by atoms with E-state index < -0.39 is 0 Å². The Morgan fingerprint density at radius 1 is 1.22 bits per heavy atom. The molecule has 4 heteroatoms. The summed E-state index contributed by atoms with van der Waals surface area (Å²) in [5.74, 6) is 0.525. The second-order valence-electron chi connectivity index (χ2n) is 4.84. The van der Waals surface area contributed by atoms with E-state index in [4.69, 9.17) is 0 Å². The molecule has 0 aliphatic carbocycles. The van der Waals surface area contributed by atoms with Crippen LogP contribution in [0.15, 0.2) is 22.7 Å². The van der Waals surface area contributed by atoms with Crippen LogP contribution in [0.3, 0.4) is 0 Å². The van der Waals surface area contributed by atoms with E-state index in [2.05, 4.69) is 40.4 Å². The molecule has 2 nitrogen and oxygen atoms in total. The van der Waals surface area contributed by atoms with Crippen LogP contribution in [0.2, 0.25) is 0 Å². The Hall–Kier alpha value is -0.450. The molecular weight excluding hydrogens is 295 g/mol. The Morgan fingerprint density at radius 3 is 2.67 bits per heavy atom. The molecule has 0 aromatic heterocycles. The molecule has 0 aliphatic rings. The van der Waals surface area contributed by atoms with Gasteiger partial charge >= 0.3 is 0 Å². The van der Waals surface area contributed by atoms with E-state index in [1.54, 1.807) is 6.07 Å². The van der Waals surface area contributed by atoms with Crippen molar-refractivity contribution in [1.82, 2.24) is 10.6 Å². The van der Waals surface area contributed by atoms with Crippen LogP contribution in [0.25, 0.3) is 0 Å². The molecule has 0 fully saturated rings. The highest BCUT2D eigenvalue weighted by Gasteiger charge is 2.04. The second kappa shape index (κ2) is 8.62. The topological polar surface area (TPSA) is 24.1 Å². The minimum Gasteiger partial charge on any atom is -0.316 e. The van der Waals surface area contributed by atoms with E-state index in [1.807, 2.05) is 12.1 Å². The Bertz CT molecular complexity index is 356. The first kappa shape index (κ1) is 15.6. The Morgan fingerprint density at radius 2 is 1.94 bits per heavy atom. The lowest BCUT2D eigenvalue weighted by Crippen LogP contribution is -2.24. The van der Waals surface area contributed by atoms with Crippen LogP contribution in [0.1, 0.15) is 25.8 Å². The van der Waals surface area contributed by atoms with Gasteiger partial charge in [-0.25, -0.2) is 4.39 Å². The largest absolute Gasteiger partial charge is 0.316 e. The summed E-state index contributed by atoms with van der Waals surface area (Å²) in [7, 11) is 0. The number of rotatable bonds is 8. The average Bonchev–Trinajstić information content (AvgIpc) is 2.32. The number of hydrogen-bond acceptors (Lipinski definition) is 2. The maximum absolute atomic E-state index is 13.6. The van der Waals surface area contributed by atoms with Gasteiger partial charge in [0.05, 0.1) is 4.47 Å². The molecule has 0 spiro atoms. The van der Waals surface area contributed by atoms with Crippen LogP contribution >= 0.6 is 15.9 Å². The van der Waals surface area contributed by atoms with Crippen LogP contribution < -0.4 is 10.6 Å². The third-order valence-electron chi connectivity index (χ3n) is 2.61. The highest BCUT2D eigenvalue weighted by Crippen LogP contribution is 2.18. The fourth-order valence-corrected chi connectivity index (χ4v) is 2.04. The highest BCUT2D eigenvalue weighted by atomic mass is 79.9. The molecule has 1 aromatic rings. The highest BCUT2D eigenvalue weighted by molar-refractivity contribution is 9.10. The molecule has 0 aliphatic heterocycles. The first-order valence-electron chi connectivity index (χ1n) is 6.45. The van der Waals surface area contributed by atoms with Crippen LogP contribution in [-0.2, 0) is 6.54 Å². The molecule has 0 amide bonds. The number of hydrogen-bond donors (Lipinski definition) is 2. The molecule has 0 radical (unpaired) electrons. The van der Waals surface area contributed by atoms with Gasteiger partial charge in [0.15, 0.2) is 0 Å². The zero-order chi connectivity index (χ0) is 13.4. The summed E-state index contributed by atoms with van der Waals surface area (Å²) >= 11 is 3.19. The molecule has 0 saturated heterocycles. The lowest BCUT2D eigenvalue weighted by molar-refractivity contribution is 0.526. The van der Waals surface area contributed by atoms with Gasteiger partial charge in [-0.3, -0.25) is 0 Å². The monoisotopic (exact) mass is 316 g/mol. The molecule has 18 heavy (non-hydrogen) atoms. The average molecular weight is 317 g/mol. The lowest BCUT2D eigenvalue weighted by Gasteiger charge is -2.09. The van der Waals surface area contributed by atoms with Gasteiger partial charge in [-0.1, -0.05) is 26.0 Å². The van der Waals surface area contributed by atoms with Gasteiger partial charge in [0.2, 0.25) is 0 Å². The fraction of sp³-hybridized carbons (Fsp3) is 0.571. The van der Waals surface area contributed by atoms with Gasteiger partial charge in [0.1, 0.15) is 5.82 Å². The van der Waals surface area contributed by atoms with Gasteiger partial charge in [0, 0.05) is 12.1 Å². The predicted molar refractivity (Wildman–Crippen MR) is 78.1 cm³/mol. The zero-order valence-corrected chi connectivity index (χ0v) is 12.7. The van der Waals surface area contributed by atoms with Crippen LogP contribution in [0.4, 0.5) is 4.39 Å². The van der Waals surface area contributed by atoms with Gasteiger partial charge in [0.25, 0.3) is 0 Å². The summed E-state index contributed by atoms with van der Waals surface area (Å²) in [5, 5.41) is 6.64. The van der Waals surface area contributed by atoms with Crippen molar-refractivity contribution in [2.75, 3.05) is 19.6 Å². The summed E-state index contributed by atoms with van der Waals surface area (Å²) in [5.41, 5.74) is 0.708. The van der Waals surface area contributed by atoms with Crippen molar-refractivity contribution in [3.05, 3.63) is 34.1 Å². The van der Waals surface area contributed by atoms with Crippen LogP contribution in [0.5, 0.6) is 0 Å². The molecule has 0 atom stereocenters. The minimum absolute atomic E-state index is 0.164. The Kier molecular flexibility index (Phi) is 7.47. The predicted octanol–water partition coefficient (Wildman–Crippen LogP) is 3.31. The van der Waals surface area contributed by atoms with E-state index in [9.17, 15) is 4.39 Å². The third-order valence-corrected chi connectivity index (χ3v) is 3.22. The van der Waals surface area contributed by atoms with Crippen molar-refractivity contribution in [2.45, 2.75) is 26.8 Å². The van der Waals surface area contributed by atoms with Gasteiger partial charge in [-0.2, -0.15) is 0 Å². The standard InChI is InChI=1S/C14H22BrFN2/c1-11(2)9-17-7-4-8-18-10-12-5-3-6-13(15)14(12)16/h3,5-6,11,17-18H,4,7-10H2,1-2H3. The Balaban J connectivity index is 2.13. The number of nitrogens with one attached hydrogen (secondary N) is 2. The molecule has 2 N–H and O–H groups in total. The summed E-state index contributed by atoms with van der Waals surface area (Å²) in [6, 6.07) is 5.38.